The third-order valence-electron chi connectivity index (χ3n) is 5.33. The van der Waals surface area contributed by atoms with Gasteiger partial charge in [0.05, 0.1) is 18.7 Å². The Kier molecular flexibility index (Phi) is 4.58. The van der Waals surface area contributed by atoms with E-state index in [9.17, 15) is 4.79 Å². The van der Waals surface area contributed by atoms with Crippen molar-refractivity contribution in [3.05, 3.63) is 78.5 Å². The second-order valence-electron chi connectivity index (χ2n) is 7.21. The molecule has 0 spiro atoms. The molecule has 29 heavy (non-hydrogen) atoms. The summed E-state index contributed by atoms with van der Waals surface area (Å²) in [5.74, 6) is -0.126. The molecule has 1 amide bonds. The molecule has 0 aliphatic carbocycles. The van der Waals surface area contributed by atoms with E-state index < -0.39 is 0 Å². The van der Waals surface area contributed by atoms with Gasteiger partial charge in [-0.1, -0.05) is 24.3 Å². The lowest BCUT2D eigenvalue weighted by atomic mass is 10.0. The van der Waals surface area contributed by atoms with Crippen LogP contribution < -0.4 is 10.2 Å². The van der Waals surface area contributed by atoms with Gasteiger partial charge >= 0.3 is 0 Å². The molecule has 5 rings (SSSR count). The number of aromatic nitrogens is 1. The van der Waals surface area contributed by atoms with E-state index in [4.69, 9.17) is 4.74 Å². The van der Waals surface area contributed by atoms with Crippen LogP contribution in [0.25, 0.3) is 21.7 Å². The minimum Gasteiger partial charge on any atom is -0.378 e. The van der Waals surface area contributed by atoms with Gasteiger partial charge in [-0.25, -0.2) is 0 Å². The number of hydrogen-bond donors (Lipinski definition) is 1. The van der Waals surface area contributed by atoms with Crippen molar-refractivity contribution < 1.29 is 9.53 Å². The first kappa shape index (κ1) is 17.6. The van der Waals surface area contributed by atoms with Crippen molar-refractivity contribution in [2.75, 3.05) is 36.5 Å². The third-order valence-corrected chi connectivity index (χ3v) is 5.33. The Hall–Kier alpha value is -3.44. The minimum atomic E-state index is -0.126. The van der Waals surface area contributed by atoms with Crippen molar-refractivity contribution in [3.8, 4) is 0 Å². The summed E-state index contributed by atoms with van der Waals surface area (Å²) in [5, 5.41) is 6.20. The summed E-state index contributed by atoms with van der Waals surface area (Å²) in [6.45, 7) is 3.35. The van der Waals surface area contributed by atoms with Crippen LogP contribution in [0.2, 0.25) is 0 Å². The lowest BCUT2D eigenvalue weighted by molar-refractivity contribution is 0.102. The number of carbonyl (C=O) groups is 1. The number of nitrogens with one attached hydrogen (secondary N) is 1. The molecule has 3 aromatic carbocycles. The van der Waals surface area contributed by atoms with Crippen LogP contribution >= 0.6 is 0 Å². The number of nitrogens with zero attached hydrogens (tertiary/aromatic N) is 2. The van der Waals surface area contributed by atoms with Crippen molar-refractivity contribution >= 4 is 39.0 Å². The Morgan fingerprint density at radius 2 is 1.69 bits per heavy atom. The molecule has 1 aromatic heterocycles. The van der Waals surface area contributed by atoms with Crippen molar-refractivity contribution in [1.29, 1.82) is 0 Å². The van der Waals surface area contributed by atoms with Gasteiger partial charge in [0.15, 0.2) is 0 Å². The zero-order valence-electron chi connectivity index (χ0n) is 16.0. The molecular formula is C24H21N3O2. The van der Waals surface area contributed by atoms with Gasteiger partial charge in [0.1, 0.15) is 0 Å². The van der Waals surface area contributed by atoms with Crippen molar-refractivity contribution in [3.63, 3.8) is 0 Å². The number of morpholine rings is 1. The number of anilines is 2. The number of fused-ring (bicyclic) bond motifs is 2. The van der Waals surface area contributed by atoms with Gasteiger partial charge in [-0.05, 0) is 53.2 Å². The molecule has 0 radical (unpaired) electrons. The molecular weight excluding hydrogens is 362 g/mol. The molecule has 5 heteroatoms. The van der Waals surface area contributed by atoms with E-state index >= 15 is 0 Å². The van der Waals surface area contributed by atoms with Crippen LogP contribution in [0.4, 0.5) is 11.4 Å². The molecule has 5 nitrogen and oxygen atoms in total. The molecule has 0 unspecified atom stereocenters. The normalized spacial score (nSPS) is 14.3. The predicted molar refractivity (Wildman–Crippen MR) is 117 cm³/mol. The molecule has 1 fully saturated rings. The van der Waals surface area contributed by atoms with Crippen LogP contribution in [0.5, 0.6) is 0 Å². The second kappa shape index (κ2) is 7.53. The molecule has 4 aromatic rings. The Balaban J connectivity index is 1.38. The number of benzene rings is 3. The number of amides is 1. The zero-order valence-corrected chi connectivity index (χ0v) is 16.0. The van der Waals surface area contributed by atoms with Crippen LogP contribution in [-0.4, -0.2) is 37.2 Å². The molecule has 1 saturated heterocycles. The molecule has 144 valence electrons. The number of pyridine rings is 1. The summed E-state index contributed by atoms with van der Waals surface area (Å²) in [7, 11) is 0. The van der Waals surface area contributed by atoms with E-state index in [-0.39, 0.29) is 5.91 Å². The minimum absolute atomic E-state index is 0.126. The van der Waals surface area contributed by atoms with Crippen LogP contribution in [0.1, 0.15) is 10.4 Å². The Labute approximate surface area is 168 Å². The standard InChI is InChI=1S/C24H21N3O2/c28-24(26-21-7-5-17-2-1-9-25-23(17)16-21)20-4-3-19-15-22(8-6-18(19)14-20)27-10-12-29-13-11-27/h1-9,14-16H,10-13H2,(H,26,28). The van der Waals surface area contributed by atoms with E-state index in [1.807, 2.05) is 48.5 Å². The fourth-order valence-electron chi connectivity index (χ4n) is 3.74. The van der Waals surface area contributed by atoms with Gasteiger partial charge in [-0.3, -0.25) is 9.78 Å². The van der Waals surface area contributed by atoms with E-state index in [0.717, 1.165) is 53.7 Å². The summed E-state index contributed by atoms with van der Waals surface area (Å²) >= 11 is 0. The fourth-order valence-corrected chi connectivity index (χ4v) is 3.74. The quantitative estimate of drug-likeness (QED) is 0.567. The molecule has 1 aliphatic heterocycles. The van der Waals surface area contributed by atoms with Crippen molar-refractivity contribution in [2.24, 2.45) is 0 Å². The predicted octanol–water partition coefficient (Wildman–Crippen LogP) is 4.48. The first-order chi connectivity index (χ1) is 14.3. The summed E-state index contributed by atoms with van der Waals surface area (Å²) in [6, 6.07) is 21.9. The van der Waals surface area contributed by atoms with Gasteiger partial charge in [0.25, 0.3) is 5.91 Å². The monoisotopic (exact) mass is 383 g/mol. The van der Waals surface area contributed by atoms with E-state index in [0.29, 0.717) is 5.56 Å². The van der Waals surface area contributed by atoms with Crippen LogP contribution in [-0.2, 0) is 4.74 Å². The Morgan fingerprint density at radius 3 is 2.59 bits per heavy atom. The van der Waals surface area contributed by atoms with Crippen molar-refractivity contribution in [2.45, 2.75) is 0 Å². The maximum absolute atomic E-state index is 12.8. The van der Waals surface area contributed by atoms with Gasteiger partial charge in [-0.15, -0.1) is 0 Å². The van der Waals surface area contributed by atoms with Crippen LogP contribution in [0.15, 0.2) is 72.9 Å². The second-order valence-corrected chi connectivity index (χ2v) is 7.21. The van der Waals surface area contributed by atoms with Gasteiger partial charge in [0.2, 0.25) is 0 Å². The molecule has 0 saturated carbocycles. The Bertz CT molecular complexity index is 1200. The van der Waals surface area contributed by atoms with Gasteiger partial charge < -0.3 is 15.0 Å². The fraction of sp³-hybridized carbons (Fsp3) is 0.167. The Morgan fingerprint density at radius 1 is 0.897 bits per heavy atom. The number of rotatable bonds is 3. The first-order valence-corrected chi connectivity index (χ1v) is 9.79. The molecule has 1 N–H and O–H groups in total. The van der Waals surface area contributed by atoms with Crippen molar-refractivity contribution in [1.82, 2.24) is 4.98 Å². The molecule has 0 bridgehead atoms. The molecule has 2 heterocycles. The largest absolute Gasteiger partial charge is 0.378 e. The first-order valence-electron chi connectivity index (χ1n) is 9.79. The average molecular weight is 383 g/mol. The lowest BCUT2D eigenvalue weighted by Gasteiger charge is -2.29. The molecule has 1 aliphatic rings. The van der Waals surface area contributed by atoms with Gasteiger partial charge in [-0.2, -0.15) is 0 Å². The topological polar surface area (TPSA) is 54.5 Å². The smallest absolute Gasteiger partial charge is 0.255 e. The average Bonchev–Trinajstić information content (AvgIpc) is 2.79. The summed E-state index contributed by atoms with van der Waals surface area (Å²) in [5.41, 5.74) is 3.43. The van der Waals surface area contributed by atoms with Gasteiger partial charge in [0, 0.05) is 41.6 Å². The number of carbonyl (C=O) groups excluding carboxylic acids is 1. The molecule has 0 atom stereocenters. The SMILES string of the molecule is O=C(Nc1ccc2cccnc2c1)c1ccc2cc(N3CCOCC3)ccc2c1. The lowest BCUT2D eigenvalue weighted by Crippen LogP contribution is -2.36. The highest BCUT2D eigenvalue weighted by Gasteiger charge is 2.12. The zero-order chi connectivity index (χ0) is 19.6. The summed E-state index contributed by atoms with van der Waals surface area (Å²) in [6.07, 6.45) is 1.75. The van der Waals surface area contributed by atoms with E-state index in [1.165, 1.54) is 5.69 Å². The van der Waals surface area contributed by atoms with Crippen LogP contribution in [0.3, 0.4) is 0 Å². The highest BCUT2D eigenvalue weighted by molar-refractivity contribution is 6.07. The highest BCUT2D eigenvalue weighted by Crippen LogP contribution is 2.25. The summed E-state index contributed by atoms with van der Waals surface area (Å²) < 4.78 is 5.43. The van der Waals surface area contributed by atoms with Crippen LogP contribution in [0, 0.1) is 0 Å². The highest BCUT2D eigenvalue weighted by atomic mass is 16.5. The third kappa shape index (κ3) is 3.65. The number of ether oxygens (including phenoxy) is 1. The van der Waals surface area contributed by atoms with E-state index in [1.54, 1.807) is 6.20 Å². The maximum atomic E-state index is 12.8. The number of hydrogen-bond acceptors (Lipinski definition) is 4. The maximum Gasteiger partial charge on any atom is 0.255 e. The summed E-state index contributed by atoms with van der Waals surface area (Å²) in [4.78, 5) is 19.4. The van der Waals surface area contributed by atoms with E-state index in [2.05, 4.69) is 33.4 Å².